The van der Waals surface area contributed by atoms with Gasteiger partial charge in [-0.25, -0.2) is 0 Å². The molecule has 2 atom stereocenters. The van der Waals surface area contributed by atoms with Crippen LogP contribution in [0.5, 0.6) is 5.75 Å². The van der Waals surface area contributed by atoms with Crippen molar-refractivity contribution in [1.29, 1.82) is 0 Å². The smallest absolute Gasteiger partial charge is 0.323 e. The molecule has 0 amide bonds. The number of carboxylic acid groups (broad SMARTS) is 1. The Labute approximate surface area is 127 Å². The Balaban J connectivity index is 2.78. The van der Waals surface area contributed by atoms with Gasteiger partial charge in [0, 0.05) is 12.5 Å². The second-order valence-corrected chi connectivity index (χ2v) is 6.39. The summed E-state index contributed by atoms with van der Waals surface area (Å²) in [5.74, 6) is -0.0654. The summed E-state index contributed by atoms with van der Waals surface area (Å²) in [6, 6.07) is 6.12. The van der Waals surface area contributed by atoms with Gasteiger partial charge in [-0.05, 0) is 64.8 Å². The first kappa shape index (κ1) is 17.5. The molecule has 0 aliphatic carbocycles. The Morgan fingerprint density at radius 2 is 1.76 bits per heavy atom. The number of carboxylic acids is 1. The first-order chi connectivity index (χ1) is 9.62. The topological polar surface area (TPSA) is 58.6 Å². The van der Waals surface area contributed by atoms with E-state index in [1.165, 1.54) is 0 Å². The summed E-state index contributed by atoms with van der Waals surface area (Å²) in [5.41, 5.74) is 1.28. The van der Waals surface area contributed by atoms with Crippen LogP contribution in [0.2, 0.25) is 0 Å². The van der Waals surface area contributed by atoms with Gasteiger partial charge < -0.3 is 9.84 Å². The molecule has 0 saturated heterocycles. The van der Waals surface area contributed by atoms with E-state index in [0.29, 0.717) is 6.42 Å². The zero-order chi connectivity index (χ0) is 16.2. The Hall–Kier alpha value is -1.55. The van der Waals surface area contributed by atoms with E-state index >= 15 is 0 Å². The summed E-state index contributed by atoms with van der Waals surface area (Å²) in [7, 11) is 0. The van der Waals surface area contributed by atoms with Crippen LogP contribution in [0.15, 0.2) is 18.2 Å². The fraction of sp³-hybridized carbons (Fsp3) is 0.588. The Bertz CT molecular complexity index is 479. The van der Waals surface area contributed by atoms with Crippen molar-refractivity contribution >= 4 is 5.97 Å². The molecular formula is C17H27NO3. The Morgan fingerprint density at radius 1 is 1.24 bits per heavy atom. The number of ether oxygens (including phenoxy) is 1. The van der Waals surface area contributed by atoms with Gasteiger partial charge in [0.25, 0.3) is 0 Å². The zero-order valence-corrected chi connectivity index (χ0v) is 13.9. The molecule has 0 radical (unpaired) electrons. The maximum absolute atomic E-state index is 11.5. The van der Waals surface area contributed by atoms with Crippen molar-refractivity contribution in [1.82, 2.24) is 5.32 Å². The summed E-state index contributed by atoms with van der Waals surface area (Å²) in [4.78, 5) is 11.5. The maximum Gasteiger partial charge on any atom is 0.323 e. The fourth-order valence-corrected chi connectivity index (χ4v) is 2.69. The van der Waals surface area contributed by atoms with Crippen molar-refractivity contribution in [3.8, 4) is 5.75 Å². The zero-order valence-electron chi connectivity index (χ0n) is 13.9. The highest BCUT2D eigenvalue weighted by Gasteiger charge is 2.35. The number of nitrogens with one attached hydrogen (secondary N) is 1. The van der Waals surface area contributed by atoms with Gasteiger partial charge in [0.05, 0.1) is 6.10 Å². The highest BCUT2D eigenvalue weighted by Crippen LogP contribution is 2.21. The normalized spacial score (nSPS) is 15.6. The predicted octanol–water partition coefficient (Wildman–Crippen LogP) is 3.30. The number of benzene rings is 1. The van der Waals surface area contributed by atoms with Crippen molar-refractivity contribution < 1.29 is 14.6 Å². The van der Waals surface area contributed by atoms with Gasteiger partial charge in [-0.3, -0.25) is 10.1 Å². The van der Waals surface area contributed by atoms with Gasteiger partial charge in [-0.2, -0.15) is 0 Å². The van der Waals surface area contributed by atoms with Crippen LogP contribution in [0.25, 0.3) is 0 Å². The molecule has 1 aromatic carbocycles. The third-order valence-electron chi connectivity index (χ3n) is 3.31. The molecule has 118 valence electrons. The average Bonchev–Trinajstić information content (AvgIpc) is 2.24. The predicted molar refractivity (Wildman–Crippen MR) is 84.9 cm³/mol. The maximum atomic E-state index is 11.5. The van der Waals surface area contributed by atoms with Crippen LogP contribution in [0, 0.1) is 13.8 Å². The Morgan fingerprint density at radius 3 is 2.19 bits per heavy atom. The van der Waals surface area contributed by atoms with Crippen LogP contribution >= 0.6 is 0 Å². The van der Waals surface area contributed by atoms with E-state index in [9.17, 15) is 9.90 Å². The van der Waals surface area contributed by atoms with E-state index in [1.807, 2.05) is 46.8 Å². The van der Waals surface area contributed by atoms with E-state index in [2.05, 4.69) is 11.4 Å². The van der Waals surface area contributed by atoms with E-state index in [4.69, 9.17) is 4.74 Å². The molecule has 0 fully saturated rings. The lowest BCUT2D eigenvalue weighted by molar-refractivity contribution is -0.145. The molecule has 4 nitrogen and oxygen atoms in total. The van der Waals surface area contributed by atoms with E-state index in [1.54, 1.807) is 6.92 Å². The molecule has 2 N–H and O–H groups in total. The summed E-state index contributed by atoms with van der Waals surface area (Å²) in [6.45, 7) is 11.5. The molecule has 0 spiro atoms. The minimum Gasteiger partial charge on any atom is -0.491 e. The molecule has 4 heteroatoms. The molecule has 0 bridgehead atoms. The third-order valence-corrected chi connectivity index (χ3v) is 3.31. The average molecular weight is 293 g/mol. The van der Waals surface area contributed by atoms with Gasteiger partial charge >= 0.3 is 5.97 Å². The summed E-state index contributed by atoms with van der Waals surface area (Å²) in [6.07, 6.45) is 0.201. The molecule has 0 aliphatic heterocycles. The van der Waals surface area contributed by atoms with Crippen LogP contribution in [0.1, 0.15) is 45.2 Å². The minimum absolute atomic E-state index is 0.0968. The molecule has 21 heavy (non-hydrogen) atoms. The van der Waals surface area contributed by atoms with Crippen molar-refractivity contribution in [2.24, 2.45) is 0 Å². The van der Waals surface area contributed by atoms with E-state index in [0.717, 1.165) is 16.9 Å². The van der Waals surface area contributed by atoms with Crippen LogP contribution in [-0.2, 0) is 4.79 Å². The van der Waals surface area contributed by atoms with Crippen LogP contribution in [-0.4, -0.2) is 28.8 Å². The lowest BCUT2D eigenvalue weighted by atomic mass is 9.94. The van der Waals surface area contributed by atoms with E-state index in [-0.39, 0.29) is 12.1 Å². The largest absolute Gasteiger partial charge is 0.491 e. The fourth-order valence-electron chi connectivity index (χ4n) is 2.69. The van der Waals surface area contributed by atoms with Crippen LogP contribution < -0.4 is 10.1 Å². The monoisotopic (exact) mass is 293 g/mol. The molecule has 0 aliphatic rings. The quantitative estimate of drug-likeness (QED) is 0.810. The van der Waals surface area contributed by atoms with E-state index < -0.39 is 11.5 Å². The van der Waals surface area contributed by atoms with Crippen LogP contribution in [0.3, 0.4) is 0 Å². The second-order valence-electron chi connectivity index (χ2n) is 6.39. The van der Waals surface area contributed by atoms with Gasteiger partial charge in [0.15, 0.2) is 0 Å². The number of carbonyl (C=O) groups is 1. The molecule has 1 aromatic rings. The Kier molecular flexibility index (Phi) is 5.78. The SMILES string of the molecule is Cc1cc(C)cc(OC(C)CC(C)(NC(C)C)C(=O)O)c1. The van der Waals surface area contributed by atoms with Crippen molar-refractivity contribution in [3.63, 3.8) is 0 Å². The van der Waals surface area contributed by atoms with Crippen molar-refractivity contribution in [3.05, 3.63) is 29.3 Å². The summed E-state index contributed by atoms with van der Waals surface area (Å²) >= 11 is 0. The van der Waals surface area contributed by atoms with Gasteiger partial charge in [0.2, 0.25) is 0 Å². The highest BCUT2D eigenvalue weighted by atomic mass is 16.5. The number of rotatable bonds is 7. The van der Waals surface area contributed by atoms with Gasteiger partial charge in [0.1, 0.15) is 11.3 Å². The first-order valence-electron chi connectivity index (χ1n) is 7.38. The standard InChI is InChI=1S/C17H27NO3/c1-11(2)18-17(6,16(19)20)10-14(5)21-15-8-12(3)7-13(4)9-15/h7-9,11,14,18H,10H2,1-6H3,(H,19,20). The lowest BCUT2D eigenvalue weighted by Crippen LogP contribution is -2.54. The van der Waals surface area contributed by atoms with Gasteiger partial charge in [-0.15, -0.1) is 0 Å². The molecule has 0 heterocycles. The molecular weight excluding hydrogens is 266 g/mol. The molecule has 0 saturated carbocycles. The number of hydrogen-bond acceptors (Lipinski definition) is 3. The van der Waals surface area contributed by atoms with Crippen molar-refractivity contribution in [2.45, 2.75) is 65.6 Å². The summed E-state index contributed by atoms with van der Waals surface area (Å²) in [5, 5.41) is 12.6. The highest BCUT2D eigenvalue weighted by molar-refractivity contribution is 5.78. The van der Waals surface area contributed by atoms with Crippen molar-refractivity contribution in [2.75, 3.05) is 0 Å². The lowest BCUT2D eigenvalue weighted by Gasteiger charge is -2.31. The third kappa shape index (κ3) is 5.38. The second kappa shape index (κ2) is 6.94. The molecule has 0 aromatic heterocycles. The minimum atomic E-state index is -0.994. The van der Waals surface area contributed by atoms with Crippen LogP contribution in [0.4, 0.5) is 0 Å². The molecule has 2 unspecified atom stereocenters. The molecule has 1 rings (SSSR count). The summed E-state index contributed by atoms with van der Waals surface area (Å²) < 4.78 is 5.90. The first-order valence-corrected chi connectivity index (χ1v) is 7.38. The number of aliphatic carboxylic acids is 1. The van der Waals surface area contributed by atoms with Gasteiger partial charge in [-0.1, -0.05) is 6.07 Å². The number of aryl methyl sites for hydroxylation is 2. The number of hydrogen-bond donors (Lipinski definition) is 2.